The molecule has 21 heavy (non-hydrogen) atoms. The van der Waals surface area contributed by atoms with Gasteiger partial charge in [0.25, 0.3) is 0 Å². The summed E-state index contributed by atoms with van der Waals surface area (Å²) in [5.41, 5.74) is 0.476. The van der Waals surface area contributed by atoms with Crippen LogP contribution in [-0.4, -0.2) is 28.0 Å². The maximum atomic E-state index is 11.9. The van der Waals surface area contributed by atoms with Crippen molar-refractivity contribution in [3.63, 3.8) is 0 Å². The second kappa shape index (κ2) is 6.53. The van der Waals surface area contributed by atoms with E-state index in [1.54, 1.807) is 13.8 Å². The number of carboxylic acids is 1. The molecule has 0 aromatic carbocycles. The third-order valence-electron chi connectivity index (χ3n) is 2.87. The van der Waals surface area contributed by atoms with Crippen LogP contribution in [-0.2, 0) is 16.0 Å². The number of carbonyl (C=O) groups excluding carboxylic acids is 1. The molecular weight excluding hydrogens is 292 g/mol. The van der Waals surface area contributed by atoms with E-state index in [2.05, 4.69) is 10.3 Å². The lowest BCUT2D eigenvalue weighted by Crippen LogP contribution is -2.44. The Labute approximate surface area is 125 Å². The first kappa shape index (κ1) is 15.2. The number of rotatable bonds is 6. The van der Waals surface area contributed by atoms with Gasteiger partial charge in [-0.05, 0) is 17.4 Å². The van der Waals surface area contributed by atoms with E-state index in [-0.39, 0.29) is 18.2 Å². The number of hydrogen-bond acceptors (Lipinski definition) is 5. The lowest BCUT2D eigenvalue weighted by molar-refractivity contribution is -0.143. The number of nitrogens with zero attached hydrogens (tertiary/aromatic N) is 1. The Morgan fingerprint density at radius 3 is 2.81 bits per heavy atom. The van der Waals surface area contributed by atoms with Crippen molar-refractivity contribution in [3.05, 3.63) is 29.5 Å². The number of hydrogen-bond donors (Lipinski definition) is 2. The predicted molar refractivity (Wildman–Crippen MR) is 77.9 cm³/mol. The third-order valence-corrected chi connectivity index (χ3v) is 3.73. The number of thiophene rings is 1. The molecule has 0 fully saturated rings. The highest BCUT2D eigenvalue weighted by Crippen LogP contribution is 2.23. The zero-order valence-electron chi connectivity index (χ0n) is 11.7. The standard InChI is InChI=1S/C14H16N2O4S/c1-8(2)12(14(18)19)16-11(17)6-9-7-20-13(15-9)10-4-3-5-21-10/h3-5,7-8,12H,6H2,1-2H3,(H,16,17)(H,18,19). The van der Waals surface area contributed by atoms with E-state index in [0.717, 1.165) is 4.88 Å². The largest absolute Gasteiger partial charge is 0.480 e. The van der Waals surface area contributed by atoms with Gasteiger partial charge in [-0.3, -0.25) is 4.79 Å². The monoisotopic (exact) mass is 308 g/mol. The average molecular weight is 308 g/mol. The molecule has 112 valence electrons. The molecule has 2 aromatic heterocycles. The molecule has 0 radical (unpaired) electrons. The fourth-order valence-corrected chi connectivity index (χ4v) is 2.46. The zero-order chi connectivity index (χ0) is 15.4. The SMILES string of the molecule is CC(C)C(NC(=O)Cc1coc(-c2cccs2)n1)C(=O)O. The summed E-state index contributed by atoms with van der Waals surface area (Å²) >= 11 is 1.49. The van der Waals surface area contributed by atoms with Crippen LogP contribution in [0.15, 0.2) is 28.2 Å². The van der Waals surface area contributed by atoms with Crippen LogP contribution < -0.4 is 5.32 Å². The third kappa shape index (κ3) is 3.91. The maximum absolute atomic E-state index is 11.9. The molecule has 2 heterocycles. The van der Waals surface area contributed by atoms with Gasteiger partial charge in [0.2, 0.25) is 11.8 Å². The van der Waals surface area contributed by atoms with Crippen molar-refractivity contribution in [1.82, 2.24) is 10.3 Å². The number of oxazole rings is 1. The quantitative estimate of drug-likeness (QED) is 0.853. The smallest absolute Gasteiger partial charge is 0.326 e. The molecule has 7 heteroatoms. The number of carboxylic acid groups (broad SMARTS) is 1. The Bertz CT molecular complexity index is 619. The van der Waals surface area contributed by atoms with Crippen molar-refractivity contribution >= 4 is 23.2 Å². The Morgan fingerprint density at radius 2 is 2.24 bits per heavy atom. The van der Waals surface area contributed by atoms with E-state index in [1.807, 2.05) is 17.5 Å². The van der Waals surface area contributed by atoms with Gasteiger partial charge in [0.15, 0.2) is 0 Å². The summed E-state index contributed by atoms with van der Waals surface area (Å²) in [6, 6.07) is 2.86. The number of amides is 1. The molecule has 6 nitrogen and oxygen atoms in total. The minimum Gasteiger partial charge on any atom is -0.480 e. The molecule has 0 aliphatic heterocycles. The van der Waals surface area contributed by atoms with Crippen LogP contribution in [0, 0.1) is 5.92 Å². The van der Waals surface area contributed by atoms with Crippen molar-refractivity contribution in [1.29, 1.82) is 0 Å². The lowest BCUT2D eigenvalue weighted by Gasteiger charge is -2.17. The van der Waals surface area contributed by atoms with Gasteiger partial charge in [0, 0.05) is 0 Å². The van der Waals surface area contributed by atoms with Crippen molar-refractivity contribution in [2.45, 2.75) is 26.3 Å². The molecule has 0 aliphatic rings. The van der Waals surface area contributed by atoms with E-state index < -0.39 is 12.0 Å². The predicted octanol–water partition coefficient (Wildman–Crippen LogP) is 2.17. The highest BCUT2D eigenvalue weighted by atomic mass is 32.1. The Morgan fingerprint density at radius 1 is 1.48 bits per heavy atom. The molecule has 2 rings (SSSR count). The fourth-order valence-electron chi connectivity index (χ4n) is 1.80. The molecular formula is C14H16N2O4S. The van der Waals surface area contributed by atoms with Crippen molar-refractivity contribution < 1.29 is 19.1 Å². The number of nitrogens with one attached hydrogen (secondary N) is 1. The summed E-state index contributed by atoms with van der Waals surface area (Å²) in [4.78, 5) is 28.0. The molecule has 0 spiro atoms. The van der Waals surface area contributed by atoms with Crippen molar-refractivity contribution in [2.75, 3.05) is 0 Å². The molecule has 0 bridgehead atoms. The minimum absolute atomic E-state index is 0.00856. The van der Waals surface area contributed by atoms with Crippen LogP contribution in [0.4, 0.5) is 0 Å². The molecule has 0 saturated carbocycles. The van der Waals surface area contributed by atoms with Crippen molar-refractivity contribution in [2.24, 2.45) is 5.92 Å². The Hall–Kier alpha value is -2.15. The first-order valence-electron chi connectivity index (χ1n) is 6.48. The van der Waals surface area contributed by atoms with Gasteiger partial charge in [-0.1, -0.05) is 19.9 Å². The molecule has 1 amide bonds. The normalized spacial score (nSPS) is 12.3. The van der Waals surface area contributed by atoms with Crippen LogP contribution in [0.3, 0.4) is 0 Å². The van der Waals surface area contributed by atoms with Crippen molar-refractivity contribution in [3.8, 4) is 10.8 Å². The van der Waals surface area contributed by atoms with E-state index >= 15 is 0 Å². The molecule has 1 unspecified atom stereocenters. The van der Waals surface area contributed by atoms with E-state index in [0.29, 0.717) is 11.6 Å². The number of carbonyl (C=O) groups is 2. The summed E-state index contributed by atoms with van der Waals surface area (Å²) in [6.45, 7) is 3.48. The molecule has 0 aliphatic carbocycles. The molecule has 2 aromatic rings. The first-order chi connectivity index (χ1) is 9.97. The van der Waals surface area contributed by atoms with Crippen LogP contribution in [0.1, 0.15) is 19.5 Å². The Balaban J connectivity index is 1.98. The number of aromatic nitrogens is 1. The minimum atomic E-state index is -1.04. The van der Waals surface area contributed by atoms with Gasteiger partial charge in [-0.25, -0.2) is 9.78 Å². The van der Waals surface area contributed by atoms with E-state index in [1.165, 1.54) is 17.6 Å². The van der Waals surface area contributed by atoms with Crippen LogP contribution in [0.2, 0.25) is 0 Å². The lowest BCUT2D eigenvalue weighted by atomic mass is 10.0. The van der Waals surface area contributed by atoms with Gasteiger partial charge in [0.1, 0.15) is 12.3 Å². The molecule has 0 saturated heterocycles. The molecule has 1 atom stereocenters. The van der Waals surface area contributed by atoms with E-state index in [9.17, 15) is 9.59 Å². The van der Waals surface area contributed by atoms with E-state index in [4.69, 9.17) is 9.52 Å². The summed E-state index contributed by atoms with van der Waals surface area (Å²) < 4.78 is 5.31. The second-order valence-electron chi connectivity index (χ2n) is 4.93. The summed E-state index contributed by atoms with van der Waals surface area (Å²) in [7, 11) is 0. The average Bonchev–Trinajstić information content (AvgIpc) is 3.05. The summed E-state index contributed by atoms with van der Waals surface area (Å²) in [5, 5.41) is 13.4. The van der Waals surface area contributed by atoms with Gasteiger partial charge in [-0.15, -0.1) is 11.3 Å². The van der Waals surface area contributed by atoms with Crippen LogP contribution >= 0.6 is 11.3 Å². The summed E-state index contributed by atoms with van der Waals surface area (Å²) in [6.07, 6.45) is 1.41. The highest BCUT2D eigenvalue weighted by Gasteiger charge is 2.23. The van der Waals surface area contributed by atoms with Gasteiger partial charge in [0.05, 0.1) is 17.0 Å². The first-order valence-corrected chi connectivity index (χ1v) is 7.35. The maximum Gasteiger partial charge on any atom is 0.326 e. The highest BCUT2D eigenvalue weighted by molar-refractivity contribution is 7.13. The van der Waals surface area contributed by atoms with Gasteiger partial charge in [-0.2, -0.15) is 0 Å². The fraction of sp³-hybridized carbons (Fsp3) is 0.357. The number of aliphatic carboxylic acids is 1. The van der Waals surface area contributed by atoms with Crippen LogP contribution in [0.25, 0.3) is 10.8 Å². The molecule has 2 N–H and O–H groups in total. The zero-order valence-corrected chi connectivity index (χ0v) is 12.5. The topological polar surface area (TPSA) is 92.4 Å². The van der Waals surface area contributed by atoms with Gasteiger partial charge < -0.3 is 14.8 Å². The van der Waals surface area contributed by atoms with Crippen LogP contribution in [0.5, 0.6) is 0 Å². The summed E-state index contributed by atoms with van der Waals surface area (Å²) in [5.74, 6) is -1.16. The second-order valence-corrected chi connectivity index (χ2v) is 5.87. The van der Waals surface area contributed by atoms with Gasteiger partial charge >= 0.3 is 5.97 Å². The Kier molecular flexibility index (Phi) is 4.74.